The molecule has 3 rings (SSSR count). The number of benzene rings is 2. The molecule has 5 nitrogen and oxygen atoms in total. The average molecular weight is 417 g/mol. The van der Waals surface area contributed by atoms with Crippen LogP contribution in [0.1, 0.15) is 24.1 Å². The van der Waals surface area contributed by atoms with Crippen LogP contribution in [0.3, 0.4) is 0 Å². The molecule has 0 unspecified atom stereocenters. The summed E-state index contributed by atoms with van der Waals surface area (Å²) in [6.07, 6.45) is 0. The van der Waals surface area contributed by atoms with Crippen molar-refractivity contribution in [3.05, 3.63) is 76.0 Å². The maximum atomic E-state index is 12.7. The van der Waals surface area contributed by atoms with E-state index >= 15 is 0 Å². The van der Waals surface area contributed by atoms with Crippen LogP contribution in [0.15, 0.2) is 64.7 Å². The van der Waals surface area contributed by atoms with Gasteiger partial charge in [0, 0.05) is 21.4 Å². The molecule has 146 valence electrons. The van der Waals surface area contributed by atoms with Crippen LogP contribution >= 0.6 is 23.4 Å². The summed E-state index contributed by atoms with van der Waals surface area (Å²) in [6, 6.07) is 14.2. The van der Waals surface area contributed by atoms with Crippen LogP contribution in [-0.4, -0.2) is 24.4 Å². The third kappa shape index (κ3) is 4.88. The van der Waals surface area contributed by atoms with Crippen molar-refractivity contribution < 1.29 is 14.3 Å². The van der Waals surface area contributed by atoms with Crippen molar-refractivity contribution in [1.29, 1.82) is 0 Å². The fraction of sp³-hybridized carbons (Fsp3) is 0.238. The Morgan fingerprint density at radius 3 is 2.46 bits per heavy atom. The van der Waals surface area contributed by atoms with E-state index in [1.807, 2.05) is 31.2 Å². The van der Waals surface area contributed by atoms with E-state index in [2.05, 4.69) is 10.6 Å². The molecule has 1 atom stereocenters. The van der Waals surface area contributed by atoms with Gasteiger partial charge in [-0.3, -0.25) is 0 Å². The molecule has 1 aliphatic heterocycles. The summed E-state index contributed by atoms with van der Waals surface area (Å²) in [4.78, 5) is 26.0. The van der Waals surface area contributed by atoms with E-state index < -0.39 is 12.0 Å². The van der Waals surface area contributed by atoms with Crippen molar-refractivity contribution in [3.8, 4) is 0 Å². The van der Waals surface area contributed by atoms with Crippen molar-refractivity contribution in [1.82, 2.24) is 10.6 Å². The fourth-order valence-electron chi connectivity index (χ4n) is 2.88. The summed E-state index contributed by atoms with van der Waals surface area (Å²) >= 11 is 7.53. The summed E-state index contributed by atoms with van der Waals surface area (Å²) in [6.45, 7) is 4.03. The zero-order valence-corrected chi connectivity index (χ0v) is 17.2. The Kier molecular flexibility index (Phi) is 6.65. The molecule has 2 aromatic carbocycles. The second-order valence-corrected chi connectivity index (χ2v) is 7.78. The predicted molar refractivity (Wildman–Crippen MR) is 111 cm³/mol. The number of aryl methyl sites for hydroxylation is 1. The maximum Gasteiger partial charge on any atom is 0.338 e. The van der Waals surface area contributed by atoms with E-state index in [9.17, 15) is 9.59 Å². The van der Waals surface area contributed by atoms with E-state index in [-0.39, 0.29) is 12.6 Å². The normalized spacial score (nSPS) is 16.4. The number of amides is 2. The van der Waals surface area contributed by atoms with Gasteiger partial charge in [0.15, 0.2) is 0 Å². The third-order valence-corrected chi connectivity index (χ3v) is 5.55. The third-order valence-electron chi connectivity index (χ3n) is 4.26. The standard InChI is InChI=1S/C21H21ClN2O3S/c1-3-27-20(25)18-17(12-28-16-10-4-13(2)5-11-16)23-21(26)24-19(18)14-6-8-15(22)9-7-14/h4-11,19H,3,12H2,1-2H3,(H2,23,24,26)/t19-/m0/s1. The minimum absolute atomic E-state index is 0.252. The van der Waals surface area contributed by atoms with E-state index in [4.69, 9.17) is 16.3 Å². The van der Waals surface area contributed by atoms with Gasteiger partial charge in [-0.05, 0) is 43.7 Å². The lowest BCUT2D eigenvalue weighted by atomic mass is 9.95. The highest BCUT2D eigenvalue weighted by atomic mass is 35.5. The van der Waals surface area contributed by atoms with Crippen molar-refractivity contribution in [3.63, 3.8) is 0 Å². The number of carbonyl (C=O) groups is 2. The topological polar surface area (TPSA) is 67.4 Å². The molecule has 1 aliphatic rings. The van der Waals surface area contributed by atoms with Gasteiger partial charge in [-0.2, -0.15) is 0 Å². The molecule has 2 amide bonds. The second-order valence-electron chi connectivity index (χ2n) is 6.30. The zero-order chi connectivity index (χ0) is 20.1. The minimum atomic E-state index is -0.598. The summed E-state index contributed by atoms with van der Waals surface area (Å²) in [7, 11) is 0. The maximum absolute atomic E-state index is 12.7. The number of halogens is 1. The Morgan fingerprint density at radius 1 is 1.14 bits per heavy atom. The number of urea groups is 1. The molecular weight excluding hydrogens is 396 g/mol. The van der Waals surface area contributed by atoms with Gasteiger partial charge in [0.1, 0.15) is 0 Å². The first-order chi connectivity index (χ1) is 13.5. The van der Waals surface area contributed by atoms with E-state index in [1.54, 1.807) is 43.0 Å². The van der Waals surface area contributed by atoms with Crippen LogP contribution in [0.25, 0.3) is 0 Å². The molecule has 0 spiro atoms. The number of carbonyl (C=O) groups excluding carboxylic acids is 2. The Bertz CT molecular complexity index is 895. The first-order valence-corrected chi connectivity index (χ1v) is 10.3. The molecule has 28 heavy (non-hydrogen) atoms. The summed E-state index contributed by atoms with van der Waals surface area (Å²) in [5, 5.41) is 6.18. The number of nitrogens with one attached hydrogen (secondary N) is 2. The van der Waals surface area contributed by atoms with Crippen LogP contribution in [-0.2, 0) is 9.53 Å². The quantitative estimate of drug-likeness (QED) is 0.533. The van der Waals surface area contributed by atoms with Crippen LogP contribution in [0.4, 0.5) is 4.79 Å². The molecule has 2 aromatic rings. The molecule has 0 fully saturated rings. The Morgan fingerprint density at radius 2 is 1.82 bits per heavy atom. The van der Waals surface area contributed by atoms with E-state index in [0.717, 1.165) is 10.5 Å². The molecule has 0 bridgehead atoms. The summed E-state index contributed by atoms with van der Waals surface area (Å²) in [5.41, 5.74) is 2.89. The van der Waals surface area contributed by atoms with Gasteiger partial charge in [0.25, 0.3) is 0 Å². The first-order valence-electron chi connectivity index (χ1n) is 8.90. The first kappa shape index (κ1) is 20.3. The lowest BCUT2D eigenvalue weighted by molar-refractivity contribution is -0.139. The second kappa shape index (κ2) is 9.17. The van der Waals surface area contributed by atoms with Gasteiger partial charge < -0.3 is 15.4 Å². The van der Waals surface area contributed by atoms with Gasteiger partial charge in [0.2, 0.25) is 0 Å². The van der Waals surface area contributed by atoms with Crippen molar-refractivity contribution >= 4 is 35.4 Å². The lowest BCUT2D eigenvalue weighted by Gasteiger charge is -2.29. The molecular formula is C21H21ClN2O3S. The molecule has 7 heteroatoms. The molecule has 0 radical (unpaired) electrons. The monoisotopic (exact) mass is 416 g/mol. The average Bonchev–Trinajstić information content (AvgIpc) is 2.68. The SMILES string of the molecule is CCOC(=O)C1=C(CSc2ccc(C)cc2)NC(=O)N[C@H]1c1ccc(Cl)cc1. The van der Waals surface area contributed by atoms with Crippen LogP contribution in [0, 0.1) is 6.92 Å². The van der Waals surface area contributed by atoms with Gasteiger partial charge in [0.05, 0.1) is 18.2 Å². The minimum Gasteiger partial charge on any atom is -0.463 e. The van der Waals surface area contributed by atoms with E-state index in [1.165, 1.54) is 5.56 Å². The number of hydrogen-bond acceptors (Lipinski definition) is 4. The largest absolute Gasteiger partial charge is 0.463 e. The molecule has 0 saturated heterocycles. The highest BCUT2D eigenvalue weighted by molar-refractivity contribution is 7.99. The van der Waals surface area contributed by atoms with Crippen LogP contribution in [0.5, 0.6) is 0 Å². The highest BCUT2D eigenvalue weighted by Gasteiger charge is 2.33. The lowest BCUT2D eigenvalue weighted by Crippen LogP contribution is -2.46. The van der Waals surface area contributed by atoms with E-state index in [0.29, 0.717) is 22.0 Å². The zero-order valence-electron chi connectivity index (χ0n) is 15.6. The smallest absolute Gasteiger partial charge is 0.338 e. The number of esters is 1. The number of rotatable bonds is 6. The molecule has 0 saturated carbocycles. The van der Waals surface area contributed by atoms with Crippen molar-refractivity contribution in [2.24, 2.45) is 0 Å². The van der Waals surface area contributed by atoms with Gasteiger partial charge in [-0.1, -0.05) is 41.4 Å². The number of thioether (sulfide) groups is 1. The molecule has 0 aliphatic carbocycles. The fourth-order valence-corrected chi connectivity index (χ4v) is 3.87. The van der Waals surface area contributed by atoms with Crippen LogP contribution in [0.2, 0.25) is 5.02 Å². The Balaban J connectivity index is 1.94. The number of ether oxygens (including phenoxy) is 1. The van der Waals surface area contributed by atoms with Gasteiger partial charge >= 0.3 is 12.0 Å². The van der Waals surface area contributed by atoms with Crippen molar-refractivity contribution in [2.75, 3.05) is 12.4 Å². The van der Waals surface area contributed by atoms with Gasteiger partial charge in [-0.25, -0.2) is 9.59 Å². The summed E-state index contributed by atoms with van der Waals surface area (Å²) in [5.74, 6) is -0.0104. The molecule has 1 heterocycles. The van der Waals surface area contributed by atoms with Crippen molar-refractivity contribution in [2.45, 2.75) is 24.8 Å². The van der Waals surface area contributed by atoms with Crippen LogP contribution < -0.4 is 10.6 Å². The van der Waals surface area contributed by atoms with Gasteiger partial charge in [-0.15, -0.1) is 11.8 Å². The Hall–Kier alpha value is -2.44. The predicted octanol–water partition coefficient (Wildman–Crippen LogP) is 4.61. The number of hydrogen-bond donors (Lipinski definition) is 2. The summed E-state index contributed by atoms with van der Waals surface area (Å²) < 4.78 is 5.27. The highest BCUT2D eigenvalue weighted by Crippen LogP contribution is 2.31. The Labute approximate surface area is 173 Å². The molecule has 0 aromatic heterocycles. The molecule has 2 N–H and O–H groups in total.